The summed E-state index contributed by atoms with van der Waals surface area (Å²) < 4.78 is 5.12. The first kappa shape index (κ1) is 11.9. The Morgan fingerprint density at radius 2 is 2.12 bits per heavy atom. The van der Waals surface area contributed by atoms with Crippen molar-refractivity contribution < 1.29 is 14.6 Å². The second-order valence-electron chi connectivity index (χ2n) is 4.27. The molecule has 0 fully saturated rings. The van der Waals surface area contributed by atoms with Gasteiger partial charge in [-0.1, -0.05) is 6.92 Å². The van der Waals surface area contributed by atoms with Gasteiger partial charge in [0.1, 0.15) is 5.56 Å². The van der Waals surface area contributed by atoms with Crippen molar-refractivity contribution in [3.05, 3.63) is 22.4 Å². The Labute approximate surface area is 101 Å². The summed E-state index contributed by atoms with van der Waals surface area (Å²) in [7, 11) is 1.48. The number of ether oxygens (including phenoxy) is 1. The summed E-state index contributed by atoms with van der Waals surface area (Å²) in [6, 6.07) is 0. The highest BCUT2D eigenvalue weighted by Crippen LogP contribution is 2.31. The van der Waals surface area contributed by atoms with E-state index < -0.39 is 5.97 Å². The van der Waals surface area contributed by atoms with Crippen LogP contribution >= 0.6 is 0 Å². The maximum atomic E-state index is 11.3. The lowest BCUT2D eigenvalue weighted by atomic mass is 9.89. The Kier molecular flexibility index (Phi) is 3.31. The Morgan fingerprint density at radius 1 is 1.41 bits per heavy atom. The van der Waals surface area contributed by atoms with Crippen LogP contribution in [0.25, 0.3) is 0 Å². The van der Waals surface area contributed by atoms with Crippen LogP contribution in [0.5, 0.6) is 5.88 Å². The van der Waals surface area contributed by atoms with E-state index in [1.165, 1.54) is 7.11 Å². The third-order valence-corrected chi connectivity index (χ3v) is 3.32. The summed E-state index contributed by atoms with van der Waals surface area (Å²) in [6.45, 7) is 1.98. The van der Waals surface area contributed by atoms with Crippen LogP contribution in [0.15, 0.2) is 0 Å². The molecule has 0 aromatic carbocycles. The van der Waals surface area contributed by atoms with Crippen LogP contribution in [0, 0.1) is 0 Å². The smallest absolute Gasteiger partial charge is 0.341 e. The minimum atomic E-state index is -0.945. The Bertz CT molecular complexity index is 454. The number of aromatic carboxylic acids is 1. The van der Waals surface area contributed by atoms with Gasteiger partial charge in [-0.25, -0.2) is 9.78 Å². The zero-order valence-electron chi connectivity index (χ0n) is 10.2. The molecule has 0 radical (unpaired) electrons. The summed E-state index contributed by atoms with van der Waals surface area (Å²) >= 11 is 0. The maximum Gasteiger partial charge on any atom is 0.341 e. The van der Waals surface area contributed by atoms with Gasteiger partial charge in [-0.15, -0.1) is 0 Å². The number of carboxylic acids is 1. The van der Waals surface area contributed by atoms with Gasteiger partial charge < -0.3 is 9.84 Å². The molecule has 0 bridgehead atoms. The number of rotatable bonds is 3. The molecule has 92 valence electrons. The van der Waals surface area contributed by atoms with Crippen molar-refractivity contribution in [3.8, 4) is 5.88 Å². The summed E-state index contributed by atoms with van der Waals surface area (Å²) in [6.07, 6.45) is 4.82. The number of hydrogen-bond donors (Lipinski definition) is 1. The highest BCUT2D eigenvalue weighted by molar-refractivity contribution is 5.92. The van der Waals surface area contributed by atoms with Gasteiger partial charge in [0.2, 0.25) is 5.88 Å². The van der Waals surface area contributed by atoms with E-state index in [4.69, 9.17) is 4.74 Å². The first-order valence-corrected chi connectivity index (χ1v) is 6.01. The van der Waals surface area contributed by atoms with Crippen molar-refractivity contribution in [2.45, 2.75) is 39.0 Å². The lowest BCUT2D eigenvalue weighted by Gasteiger charge is -2.21. The molecular weight excluding hydrogens is 218 g/mol. The molecule has 1 aliphatic carbocycles. The molecule has 2 rings (SSSR count). The summed E-state index contributed by atoms with van der Waals surface area (Å²) in [5, 5.41) is 9.29. The molecule has 0 unspecified atom stereocenters. The molecular formula is C13H17NO3. The van der Waals surface area contributed by atoms with Gasteiger partial charge in [-0.3, -0.25) is 0 Å². The van der Waals surface area contributed by atoms with Crippen molar-refractivity contribution >= 4 is 5.97 Å². The fourth-order valence-electron chi connectivity index (χ4n) is 2.55. The first-order valence-electron chi connectivity index (χ1n) is 6.01. The molecule has 1 aliphatic rings. The van der Waals surface area contributed by atoms with Crippen LogP contribution in [0.2, 0.25) is 0 Å². The number of carboxylic acid groups (broad SMARTS) is 1. The lowest BCUT2D eigenvalue weighted by Crippen LogP contribution is -2.16. The monoisotopic (exact) mass is 235 g/mol. The van der Waals surface area contributed by atoms with Crippen LogP contribution in [0.4, 0.5) is 0 Å². The van der Waals surface area contributed by atoms with Gasteiger partial charge in [-0.2, -0.15) is 0 Å². The second kappa shape index (κ2) is 4.73. The quantitative estimate of drug-likeness (QED) is 0.872. The van der Waals surface area contributed by atoms with Gasteiger partial charge in [0.05, 0.1) is 7.11 Å². The van der Waals surface area contributed by atoms with E-state index in [0.29, 0.717) is 6.42 Å². The molecule has 0 saturated carbocycles. The molecule has 1 N–H and O–H groups in total. The summed E-state index contributed by atoms with van der Waals surface area (Å²) in [5.41, 5.74) is 3.31. The molecule has 0 amide bonds. The topological polar surface area (TPSA) is 59.4 Å². The fraction of sp³-hybridized carbons (Fsp3) is 0.538. The Morgan fingerprint density at radius 3 is 2.71 bits per heavy atom. The van der Waals surface area contributed by atoms with E-state index in [9.17, 15) is 9.90 Å². The van der Waals surface area contributed by atoms with E-state index >= 15 is 0 Å². The number of methoxy groups -OCH3 is 1. The predicted molar refractivity (Wildman–Crippen MR) is 63.8 cm³/mol. The van der Waals surface area contributed by atoms with Crippen molar-refractivity contribution in [2.75, 3.05) is 7.11 Å². The van der Waals surface area contributed by atoms with Gasteiger partial charge >= 0.3 is 5.97 Å². The molecule has 4 heteroatoms. The molecule has 1 aromatic heterocycles. The normalized spacial score (nSPS) is 14.2. The Balaban J connectivity index is 2.68. The standard InChI is InChI=1S/C13H17NO3/c1-3-8-9-6-4-5-7-10(9)14-12(17-2)11(8)13(15)16/h3-7H2,1-2H3,(H,15,16). The number of fused-ring (bicyclic) bond motifs is 1. The number of nitrogens with zero attached hydrogens (tertiary/aromatic N) is 1. The Hall–Kier alpha value is -1.58. The molecule has 0 spiro atoms. The number of carbonyl (C=O) groups is 1. The summed E-state index contributed by atoms with van der Waals surface area (Å²) in [5.74, 6) is -0.686. The number of aromatic nitrogens is 1. The fourth-order valence-corrected chi connectivity index (χ4v) is 2.55. The van der Waals surface area contributed by atoms with E-state index in [2.05, 4.69) is 4.98 Å². The van der Waals surface area contributed by atoms with Crippen LogP contribution in [-0.2, 0) is 19.3 Å². The molecule has 4 nitrogen and oxygen atoms in total. The van der Waals surface area contributed by atoms with Crippen LogP contribution in [0.1, 0.15) is 46.9 Å². The second-order valence-corrected chi connectivity index (χ2v) is 4.27. The van der Waals surface area contributed by atoms with Gasteiger partial charge in [0.15, 0.2) is 0 Å². The van der Waals surface area contributed by atoms with Crippen molar-refractivity contribution in [1.82, 2.24) is 4.98 Å². The lowest BCUT2D eigenvalue weighted by molar-refractivity contribution is 0.0691. The third-order valence-electron chi connectivity index (χ3n) is 3.32. The summed E-state index contributed by atoms with van der Waals surface area (Å²) in [4.78, 5) is 15.7. The minimum Gasteiger partial charge on any atom is -0.480 e. The maximum absolute atomic E-state index is 11.3. The van der Waals surface area contributed by atoms with E-state index in [-0.39, 0.29) is 11.4 Å². The highest BCUT2D eigenvalue weighted by Gasteiger charge is 2.24. The highest BCUT2D eigenvalue weighted by atomic mass is 16.5. The zero-order valence-corrected chi connectivity index (χ0v) is 10.2. The SMILES string of the molecule is CCc1c2c(nc(OC)c1C(=O)O)CCCC2. The van der Waals surface area contributed by atoms with Crippen molar-refractivity contribution in [3.63, 3.8) is 0 Å². The van der Waals surface area contributed by atoms with Crippen molar-refractivity contribution in [2.24, 2.45) is 0 Å². The van der Waals surface area contributed by atoms with Gasteiger partial charge in [-0.05, 0) is 43.2 Å². The minimum absolute atomic E-state index is 0.246. The molecule has 0 atom stereocenters. The molecule has 1 aromatic rings. The average Bonchev–Trinajstić information content (AvgIpc) is 2.35. The number of hydrogen-bond acceptors (Lipinski definition) is 3. The van der Waals surface area contributed by atoms with Gasteiger partial charge in [0.25, 0.3) is 0 Å². The van der Waals surface area contributed by atoms with Crippen LogP contribution < -0.4 is 4.74 Å². The molecule has 17 heavy (non-hydrogen) atoms. The molecule has 1 heterocycles. The third kappa shape index (κ3) is 1.99. The van der Waals surface area contributed by atoms with E-state index in [1.54, 1.807) is 0 Å². The number of aryl methyl sites for hydroxylation is 1. The van der Waals surface area contributed by atoms with E-state index in [1.807, 2.05) is 6.92 Å². The van der Waals surface area contributed by atoms with Crippen LogP contribution in [0.3, 0.4) is 0 Å². The van der Waals surface area contributed by atoms with Crippen molar-refractivity contribution in [1.29, 1.82) is 0 Å². The van der Waals surface area contributed by atoms with Gasteiger partial charge in [0, 0.05) is 5.69 Å². The zero-order chi connectivity index (χ0) is 12.4. The predicted octanol–water partition coefficient (Wildman–Crippen LogP) is 2.23. The van der Waals surface area contributed by atoms with E-state index in [0.717, 1.165) is 42.5 Å². The first-order chi connectivity index (χ1) is 8.19. The largest absolute Gasteiger partial charge is 0.480 e. The molecule has 0 saturated heterocycles. The average molecular weight is 235 g/mol. The number of pyridine rings is 1. The molecule has 0 aliphatic heterocycles. The van der Waals surface area contributed by atoms with Crippen LogP contribution in [-0.4, -0.2) is 23.2 Å².